The van der Waals surface area contributed by atoms with Crippen LogP contribution in [-0.4, -0.2) is 86.0 Å². The molecule has 8 nitrogen and oxygen atoms in total. The van der Waals surface area contributed by atoms with Crippen LogP contribution in [0.15, 0.2) is 53.4 Å². The average molecular weight is 663 g/mol. The lowest BCUT2D eigenvalue weighted by atomic mass is 9.90. The van der Waals surface area contributed by atoms with E-state index in [-0.39, 0.29) is 48.3 Å². The second kappa shape index (κ2) is 13.4. The van der Waals surface area contributed by atoms with Crippen molar-refractivity contribution < 1.29 is 31.1 Å². The van der Waals surface area contributed by atoms with Crippen LogP contribution in [0.2, 0.25) is 0 Å². The molecule has 2 aromatic rings. The molecule has 252 valence electrons. The largest absolute Gasteiger partial charge is 0.493 e. The van der Waals surface area contributed by atoms with Gasteiger partial charge in [-0.3, -0.25) is 9.69 Å². The van der Waals surface area contributed by atoms with E-state index in [1.807, 2.05) is 4.90 Å². The van der Waals surface area contributed by atoms with Gasteiger partial charge in [0.2, 0.25) is 15.9 Å². The zero-order valence-corrected chi connectivity index (χ0v) is 27.1. The van der Waals surface area contributed by atoms with Crippen LogP contribution >= 0.6 is 0 Å². The summed E-state index contributed by atoms with van der Waals surface area (Å²) >= 11 is 0. The van der Waals surface area contributed by atoms with Gasteiger partial charge in [-0.1, -0.05) is 43.5 Å². The van der Waals surface area contributed by atoms with Gasteiger partial charge < -0.3 is 15.4 Å². The number of hydrogen-bond donors (Lipinski definition) is 1. The Labute approximate surface area is 270 Å². The van der Waals surface area contributed by atoms with E-state index in [0.29, 0.717) is 57.3 Å². The molecule has 12 heteroatoms. The van der Waals surface area contributed by atoms with E-state index in [1.165, 1.54) is 23.6 Å². The Hall–Kier alpha value is -2.67. The molecule has 1 amide bonds. The molecular weight excluding hydrogens is 617 g/mol. The summed E-state index contributed by atoms with van der Waals surface area (Å²) in [5.74, 6) is 0.904. The molecule has 0 unspecified atom stereocenters. The smallest absolute Gasteiger partial charge is 0.398 e. The second-order valence-corrected chi connectivity index (χ2v) is 15.5. The first-order chi connectivity index (χ1) is 22.0. The van der Waals surface area contributed by atoms with Gasteiger partial charge in [-0.05, 0) is 79.8 Å². The Bertz CT molecular complexity index is 1450. The fourth-order valence-corrected chi connectivity index (χ4v) is 8.81. The number of benzene rings is 2. The SMILES string of the molecule is NC1CCN(C(=O)[C@@H]2CN(Cc3ccc(C4(C(F)(F)F)CC4)cc3)CCN2S(=O)(=O)c2ccc(OCC3CCCCC3)cc2)CC1. The molecule has 2 N–H and O–H groups in total. The molecule has 6 rings (SSSR count). The molecule has 2 heterocycles. The van der Waals surface area contributed by atoms with Gasteiger partial charge in [-0.15, -0.1) is 0 Å². The molecule has 1 atom stereocenters. The number of likely N-dealkylation sites (tertiary alicyclic amines) is 1. The number of piperidine rings is 1. The first-order valence-electron chi connectivity index (χ1n) is 16.6. The van der Waals surface area contributed by atoms with Gasteiger partial charge in [0, 0.05) is 45.3 Å². The predicted octanol–water partition coefficient (Wildman–Crippen LogP) is 5.06. The highest BCUT2D eigenvalue weighted by Gasteiger charge is 2.64. The van der Waals surface area contributed by atoms with E-state index in [4.69, 9.17) is 10.5 Å². The fraction of sp³-hybridized carbons (Fsp3) is 0.618. The summed E-state index contributed by atoms with van der Waals surface area (Å²) in [6, 6.07) is 12.1. The van der Waals surface area contributed by atoms with Crippen LogP contribution in [-0.2, 0) is 26.8 Å². The van der Waals surface area contributed by atoms with Crippen molar-refractivity contribution in [3.05, 3.63) is 59.7 Å². The summed E-state index contributed by atoms with van der Waals surface area (Å²) in [5, 5.41) is 0. The first kappa shape index (κ1) is 33.2. The predicted molar refractivity (Wildman–Crippen MR) is 169 cm³/mol. The highest BCUT2D eigenvalue weighted by Crippen LogP contribution is 2.58. The lowest BCUT2D eigenvalue weighted by molar-refractivity contribution is -0.160. The topological polar surface area (TPSA) is 96.2 Å². The van der Waals surface area contributed by atoms with Crippen LogP contribution in [0, 0.1) is 5.92 Å². The van der Waals surface area contributed by atoms with Crippen molar-refractivity contribution in [3.8, 4) is 5.75 Å². The molecule has 2 saturated heterocycles. The minimum absolute atomic E-state index is 0.0145. The zero-order chi connectivity index (χ0) is 32.5. The minimum atomic E-state index is -4.27. The monoisotopic (exact) mass is 662 g/mol. The number of nitrogens with zero attached hydrogens (tertiary/aromatic N) is 3. The molecule has 0 bridgehead atoms. The number of piperazine rings is 1. The Morgan fingerprint density at radius 3 is 2.15 bits per heavy atom. The summed E-state index contributed by atoms with van der Waals surface area (Å²) in [4.78, 5) is 17.8. The van der Waals surface area contributed by atoms with Crippen LogP contribution < -0.4 is 10.5 Å². The van der Waals surface area contributed by atoms with Crippen molar-refractivity contribution >= 4 is 15.9 Å². The number of alkyl halides is 3. The summed E-state index contributed by atoms with van der Waals surface area (Å²) in [5.41, 5.74) is 5.43. The van der Waals surface area contributed by atoms with Gasteiger partial charge in [-0.2, -0.15) is 17.5 Å². The number of rotatable bonds is 9. The Morgan fingerprint density at radius 2 is 1.54 bits per heavy atom. The molecule has 2 aromatic carbocycles. The molecule has 4 aliphatic rings. The summed E-state index contributed by atoms with van der Waals surface area (Å²) < 4.78 is 76.2. The minimum Gasteiger partial charge on any atom is -0.493 e. The highest BCUT2D eigenvalue weighted by molar-refractivity contribution is 7.89. The molecule has 2 saturated carbocycles. The maximum Gasteiger partial charge on any atom is 0.398 e. The number of carbonyl (C=O) groups is 1. The van der Waals surface area contributed by atoms with Crippen molar-refractivity contribution in [2.75, 3.05) is 39.3 Å². The summed E-state index contributed by atoms with van der Waals surface area (Å²) in [6.07, 6.45) is 3.26. The van der Waals surface area contributed by atoms with E-state index in [9.17, 15) is 26.4 Å². The normalized spacial score (nSPS) is 23.7. The van der Waals surface area contributed by atoms with Gasteiger partial charge in [-0.25, -0.2) is 8.42 Å². The molecular formula is C34H45F3N4O4S. The van der Waals surface area contributed by atoms with Crippen molar-refractivity contribution in [2.45, 2.75) is 92.9 Å². The van der Waals surface area contributed by atoms with Crippen molar-refractivity contribution in [1.82, 2.24) is 14.1 Å². The van der Waals surface area contributed by atoms with Gasteiger partial charge >= 0.3 is 6.18 Å². The number of hydrogen-bond acceptors (Lipinski definition) is 6. The highest BCUT2D eigenvalue weighted by atomic mass is 32.2. The van der Waals surface area contributed by atoms with Gasteiger partial charge in [0.05, 0.1) is 16.9 Å². The molecule has 46 heavy (non-hydrogen) atoms. The van der Waals surface area contributed by atoms with E-state index in [0.717, 1.165) is 18.4 Å². The maximum absolute atomic E-state index is 14.0. The van der Waals surface area contributed by atoms with E-state index in [2.05, 4.69) is 0 Å². The third kappa shape index (κ3) is 7.10. The van der Waals surface area contributed by atoms with Crippen LogP contribution in [0.5, 0.6) is 5.75 Å². The van der Waals surface area contributed by atoms with E-state index >= 15 is 0 Å². The summed E-state index contributed by atoms with van der Waals surface area (Å²) in [6.45, 7) is 2.63. The number of amides is 1. The van der Waals surface area contributed by atoms with Gasteiger partial charge in [0.25, 0.3) is 0 Å². The molecule has 0 aromatic heterocycles. The number of nitrogens with two attached hydrogens (primary N) is 1. The average Bonchev–Trinajstić information content (AvgIpc) is 3.88. The number of carbonyl (C=O) groups excluding carboxylic acids is 1. The lowest BCUT2D eigenvalue weighted by Crippen LogP contribution is -2.61. The molecule has 4 fully saturated rings. The Balaban J connectivity index is 1.16. The molecule has 0 spiro atoms. The first-order valence-corrected chi connectivity index (χ1v) is 18.1. The molecule has 2 aliphatic carbocycles. The molecule has 2 aliphatic heterocycles. The summed E-state index contributed by atoms with van der Waals surface area (Å²) in [7, 11) is -4.01. The number of halogens is 3. The molecule has 0 radical (unpaired) electrons. The fourth-order valence-electron chi connectivity index (χ4n) is 7.25. The van der Waals surface area contributed by atoms with Crippen LogP contribution in [0.3, 0.4) is 0 Å². The quantitative estimate of drug-likeness (QED) is 0.403. The number of sulfonamides is 1. The van der Waals surface area contributed by atoms with E-state index in [1.54, 1.807) is 53.4 Å². The van der Waals surface area contributed by atoms with Crippen molar-refractivity contribution in [2.24, 2.45) is 11.7 Å². The van der Waals surface area contributed by atoms with E-state index < -0.39 is 27.7 Å². The maximum atomic E-state index is 14.0. The zero-order valence-electron chi connectivity index (χ0n) is 26.3. The van der Waals surface area contributed by atoms with Crippen LogP contribution in [0.1, 0.15) is 68.9 Å². The Morgan fingerprint density at radius 1 is 0.891 bits per heavy atom. The number of ether oxygens (including phenoxy) is 1. The third-order valence-corrected chi connectivity index (χ3v) is 12.3. The lowest BCUT2D eigenvalue weighted by Gasteiger charge is -2.42. The third-order valence-electron chi connectivity index (χ3n) is 10.4. The van der Waals surface area contributed by atoms with Crippen molar-refractivity contribution in [1.29, 1.82) is 0 Å². The van der Waals surface area contributed by atoms with Crippen molar-refractivity contribution in [3.63, 3.8) is 0 Å². The Kier molecular flexibility index (Phi) is 9.72. The van der Waals surface area contributed by atoms with Crippen LogP contribution in [0.25, 0.3) is 0 Å². The van der Waals surface area contributed by atoms with Crippen LogP contribution in [0.4, 0.5) is 13.2 Å². The van der Waals surface area contributed by atoms with Gasteiger partial charge in [0.1, 0.15) is 11.8 Å². The van der Waals surface area contributed by atoms with Gasteiger partial charge in [0.15, 0.2) is 0 Å². The second-order valence-electron chi connectivity index (χ2n) is 13.6. The standard InChI is InChI=1S/C34H45F3N4O4S/c35-34(36,37)33(16-17-33)27-8-6-25(7-9-27)22-39-20-21-41(31(23-39)32(42)40-18-14-28(38)15-19-40)46(43,44)30-12-10-29(11-13-30)45-24-26-4-2-1-3-5-26/h6-13,26,28,31H,1-5,14-24,38H2/t31-/m0/s1.